The zero-order valence-corrected chi connectivity index (χ0v) is 14.6. The van der Waals surface area contributed by atoms with Gasteiger partial charge in [0.05, 0.1) is 17.5 Å². The molecular formula is C14H15BrFN5OS. The van der Waals surface area contributed by atoms with Crippen LogP contribution < -0.4 is 5.32 Å². The second kappa shape index (κ2) is 7.39. The monoisotopic (exact) mass is 399 g/mol. The summed E-state index contributed by atoms with van der Waals surface area (Å²) in [5.41, 5.74) is 0.535. The number of hydrogen-bond donors (Lipinski definition) is 1. The van der Waals surface area contributed by atoms with Crippen LogP contribution in [0, 0.1) is 5.82 Å². The Bertz CT molecular complexity index is 704. The smallest absolute Gasteiger partial charge is 0.234 e. The van der Waals surface area contributed by atoms with Crippen LogP contribution in [-0.4, -0.2) is 31.9 Å². The first-order chi connectivity index (χ1) is 11.1. The van der Waals surface area contributed by atoms with Gasteiger partial charge in [0.2, 0.25) is 11.1 Å². The van der Waals surface area contributed by atoms with Crippen LogP contribution in [0.2, 0.25) is 0 Å². The molecule has 1 heterocycles. The van der Waals surface area contributed by atoms with Gasteiger partial charge in [-0.1, -0.05) is 24.6 Å². The molecule has 0 saturated heterocycles. The van der Waals surface area contributed by atoms with E-state index in [0.717, 1.165) is 12.8 Å². The molecule has 3 rings (SSSR count). The molecule has 0 aliphatic heterocycles. The zero-order valence-electron chi connectivity index (χ0n) is 12.2. The molecule has 9 heteroatoms. The molecule has 23 heavy (non-hydrogen) atoms. The molecule has 0 unspecified atom stereocenters. The highest BCUT2D eigenvalue weighted by Gasteiger charge is 2.22. The number of benzene rings is 1. The maximum atomic E-state index is 13.0. The minimum atomic E-state index is -0.361. The van der Waals surface area contributed by atoms with Crippen LogP contribution in [0.3, 0.4) is 0 Å². The number of rotatable bonds is 5. The van der Waals surface area contributed by atoms with Crippen molar-refractivity contribution in [3.63, 3.8) is 0 Å². The highest BCUT2D eigenvalue weighted by molar-refractivity contribution is 9.10. The molecule has 1 saturated carbocycles. The second-order valence-corrected chi connectivity index (χ2v) is 7.10. The molecule has 1 aromatic heterocycles. The van der Waals surface area contributed by atoms with E-state index in [1.807, 2.05) is 4.68 Å². The van der Waals surface area contributed by atoms with Gasteiger partial charge in [0.15, 0.2) is 0 Å². The Morgan fingerprint density at radius 2 is 2.22 bits per heavy atom. The Balaban J connectivity index is 1.58. The van der Waals surface area contributed by atoms with E-state index in [0.29, 0.717) is 21.4 Å². The lowest BCUT2D eigenvalue weighted by molar-refractivity contribution is -0.113. The van der Waals surface area contributed by atoms with Gasteiger partial charge in [-0.3, -0.25) is 4.79 Å². The average molecular weight is 400 g/mol. The van der Waals surface area contributed by atoms with E-state index in [-0.39, 0.29) is 17.5 Å². The molecule has 1 aliphatic carbocycles. The number of hydrogen-bond acceptors (Lipinski definition) is 5. The predicted molar refractivity (Wildman–Crippen MR) is 88.8 cm³/mol. The van der Waals surface area contributed by atoms with E-state index in [1.165, 1.54) is 42.8 Å². The summed E-state index contributed by atoms with van der Waals surface area (Å²) in [6, 6.07) is 4.46. The number of carbonyl (C=O) groups is 1. The van der Waals surface area contributed by atoms with E-state index in [4.69, 9.17) is 0 Å². The fourth-order valence-electron chi connectivity index (χ4n) is 2.57. The summed E-state index contributed by atoms with van der Waals surface area (Å²) in [6.07, 6.45) is 4.53. The topological polar surface area (TPSA) is 72.7 Å². The fraction of sp³-hybridized carbons (Fsp3) is 0.429. The third kappa shape index (κ3) is 4.08. The van der Waals surface area contributed by atoms with Gasteiger partial charge in [-0.05, 0) is 57.4 Å². The quantitative estimate of drug-likeness (QED) is 0.779. The number of halogens is 2. The van der Waals surface area contributed by atoms with Gasteiger partial charge in [-0.25, -0.2) is 9.07 Å². The molecule has 0 radical (unpaired) electrons. The van der Waals surface area contributed by atoms with Crippen LogP contribution in [-0.2, 0) is 4.79 Å². The summed E-state index contributed by atoms with van der Waals surface area (Å²) in [5.74, 6) is -0.361. The van der Waals surface area contributed by atoms with Crippen molar-refractivity contribution >= 4 is 39.3 Å². The van der Waals surface area contributed by atoms with Crippen molar-refractivity contribution in [3.8, 4) is 0 Å². The standard InChI is InChI=1S/C14H15BrFN5OS/c15-11-7-9(16)5-6-12(11)17-13(22)8-23-14-18-19-20-21(14)10-3-1-2-4-10/h5-7,10H,1-4,8H2,(H,17,22). The first-order valence-electron chi connectivity index (χ1n) is 7.29. The summed E-state index contributed by atoms with van der Waals surface area (Å²) < 4.78 is 15.4. The van der Waals surface area contributed by atoms with Crippen molar-refractivity contribution in [1.82, 2.24) is 20.2 Å². The molecule has 1 N–H and O–H groups in total. The van der Waals surface area contributed by atoms with Crippen LogP contribution in [0.15, 0.2) is 27.8 Å². The lowest BCUT2D eigenvalue weighted by atomic mass is 10.3. The summed E-state index contributed by atoms with van der Waals surface area (Å²) >= 11 is 4.53. The van der Waals surface area contributed by atoms with E-state index in [2.05, 4.69) is 36.8 Å². The molecule has 0 atom stereocenters. The summed E-state index contributed by atoms with van der Waals surface area (Å²) in [7, 11) is 0. The summed E-state index contributed by atoms with van der Waals surface area (Å²) in [4.78, 5) is 12.1. The summed E-state index contributed by atoms with van der Waals surface area (Å²) in [6.45, 7) is 0. The molecule has 0 bridgehead atoms. The normalized spacial score (nSPS) is 15.0. The zero-order chi connectivity index (χ0) is 16.2. The lowest BCUT2D eigenvalue weighted by Gasteiger charge is -2.11. The Hall–Kier alpha value is -1.48. The van der Waals surface area contributed by atoms with Gasteiger partial charge in [0, 0.05) is 4.47 Å². The molecule has 1 fully saturated rings. The first kappa shape index (κ1) is 16.4. The van der Waals surface area contributed by atoms with Gasteiger partial charge >= 0.3 is 0 Å². The minimum absolute atomic E-state index is 0.191. The van der Waals surface area contributed by atoms with Gasteiger partial charge < -0.3 is 5.32 Å². The largest absolute Gasteiger partial charge is 0.324 e. The van der Waals surface area contributed by atoms with Crippen LogP contribution in [0.5, 0.6) is 0 Å². The van der Waals surface area contributed by atoms with Crippen molar-refractivity contribution in [2.75, 3.05) is 11.1 Å². The Labute approximate surface area is 145 Å². The predicted octanol–water partition coefficient (Wildman–Crippen LogP) is 3.42. The molecule has 1 aromatic carbocycles. The van der Waals surface area contributed by atoms with Gasteiger partial charge in [-0.2, -0.15) is 0 Å². The SMILES string of the molecule is O=C(CSc1nnnn1C1CCCC1)Nc1ccc(F)cc1Br. The number of nitrogens with one attached hydrogen (secondary N) is 1. The molecule has 1 amide bonds. The number of thioether (sulfide) groups is 1. The first-order valence-corrected chi connectivity index (χ1v) is 9.07. The maximum Gasteiger partial charge on any atom is 0.234 e. The fourth-order valence-corrected chi connectivity index (χ4v) is 3.76. The number of nitrogens with zero attached hydrogens (tertiary/aromatic N) is 4. The van der Waals surface area contributed by atoms with Crippen molar-refractivity contribution in [3.05, 3.63) is 28.5 Å². The Morgan fingerprint density at radius 3 is 2.96 bits per heavy atom. The van der Waals surface area contributed by atoms with Crippen LogP contribution >= 0.6 is 27.7 Å². The second-order valence-electron chi connectivity index (χ2n) is 5.31. The number of amides is 1. The van der Waals surface area contributed by atoms with Crippen molar-refractivity contribution in [2.24, 2.45) is 0 Å². The maximum absolute atomic E-state index is 13.0. The number of tetrazole rings is 1. The molecule has 122 valence electrons. The van der Waals surface area contributed by atoms with E-state index < -0.39 is 0 Å². The Kier molecular flexibility index (Phi) is 5.27. The minimum Gasteiger partial charge on any atom is -0.324 e. The van der Waals surface area contributed by atoms with Gasteiger partial charge in [0.1, 0.15) is 5.82 Å². The molecule has 2 aromatic rings. The van der Waals surface area contributed by atoms with Crippen molar-refractivity contribution in [2.45, 2.75) is 36.9 Å². The highest BCUT2D eigenvalue weighted by Crippen LogP contribution is 2.31. The van der Waals surface area contributed by atoms with E-state index >= 15 is 0 Å². The highest BCUT2D eigenvalue weighted by atomic mass is 79.9. The third-order valence-electron chi connectivity index (χ3n) is 3.67. The van der Waals surface area contributed by atoms with E-state index in [9.17, 15) is 9.18 Å². The molecule has 0 spiro atoms. The number of carbonyl (C=O) groups excluding carboxylic acids is 1. The van der Waals surface area contributed by atoms with Crippen LogP contribution in [0.1, 0.15) is 31.7 Å². The number of aromatic nitrogens is 4. The summed E-state index contributed by atoms with van der Waals surface area (Å²) in [5, 5.41) is 15.1. The molecule has 1 aliphatic rings. The molecule has 6 nitrogen and oxygen atoms in total. The van der Waals surface area contributed by atoms with Crippen LogP contribution in [0.25, 0.3) is 0 Å². The number of anilines is 1. The molecular weight excluding hydrogens is 385 g/mol. The van der Waals surface area contributed by atoms with Crippen molar-refractivity contribution in [1.29, 1.82) is 0 Å². The lowest BCUT2D eigenvalue weighted by Crippen LogP contribution is -2.15. The third-order valence-corrected chi connectivity index (χ3v) is 5.26. The average Bonchev–Trinajstić information content (AvgIpc) is 3.18. The van der Waals surface area contributed by atoms with Gasteiger partial charge in [-0.15, -0.1) is 5.10 Å². The van der Waals surface area contributed by atoms with Crippen molar-refractivity contribution < 1.29 is 9.18 Å². The van der Waals surface area contributed by atoms with E-state index in [1.54, 1.807) is 0 Å². The Morgan fingerprint density at radius 1 is 1.43 bits per heavy atom. The van der Waals surface area contributed by atoms with Gasteiger partial charge in [0.25, 0.3) is 0 Å². The van der Waals surface area contributed by atoms with Crippen LogP contribution in [0.4, 0.5) is 10.1 Å².